The van der Waals surface area contributed by atoms with Crippen molar-refractivity contribution in [2.45, 2.75) is 19.4 Å². The lowest BCUT2D eigenvalue weighted by atomic mass is 10.0. The molecule has 3 rings (SSSR count). The summed E-state index contributed by atoms with van der Waals surface area (Å²) < 4.78 is 25.2. The molecule has 1 N–H and O–H groups in total. The number of rotatable bonds is 4. The van der Waals surface area contributed by atoms with Crippen LogP contribution < -0.4 is 4.72 Å². The van der Waals surface area contributed by atoms with Gasteiger partial charge in [0, 0.05) is 23.9 Å². The second-order valence-electron chi connectivity index (χ2n) is 5.60. The predicted octanol–water partition coefficient (Wildman–Crippen LogP) is 2.82. The van der Waals surface area contributed by atoms with Crippen molar-refractivity contribution in [2.75, 3.05) is 11.0 Å². The first kappa shape index (κ1) is 16.7. The van der Waals surface area contributed by atoms with E-state index in [1.165, 1.54) is 11.9 Å². The lowest BCUT2D eigenvalue weighted by Crippen LogP contribution is -2.23. The highest BCUT2D eigenvalue weighted by molar-refractivity contribution is 7.92. The molecule has 1 aromatic heterocycles. The number of hydrogen-bond acceptors (Lipinski definition) is 5. The van der Waals surface area contributed by atoms with Gasteiger partial charge in [-0.1, -0.05) is 18.2 Å². The van der Waals surface area contributed by atoms with Crippen molar-refractivity contribution in [3.05, 3.63) is 52.2 Å². The van der Waals surface area contributed by atoms with Crippen molar-refractivity contribution in [1.29, 1.82) is 0 Å². The number of hydrazone groups is 1. The molecule has 1 unspecified atom stereocenters. The maximum atomic E-state index is 11.9. The van der Waals surface area contributed by atoms with Gasteiger partial charge < -0.3 is 0 Å². The summed E-state index contributed by atoms with van der Waals surface area (Å²) in [6, 6.07) is 10.9. The Hall–Kier alpha value is -2.19. The average molecular weight is 363 g/mol. The van der Waals surface area contributed by atoms with Gasteiger partial charge in [0.15, 0.2) is 0 Å². The minimum Gasteiger partial charge on any atom is -0.284 e. The Balaban J connectivity index is 1.91. The summed E-state index contributed by atoms with van der Waals surface area (Å²) >= 11 is 1.59. The average Bonchev–Trinajstić information content (AvgIpc) is 3.15. The first-order valence-electron chi connectivity index (χ1n) is 7.32. The molecule has 8 heteroatoms. The molecule has 0 bridgehead atoms. The fourth-order valence-corrected chi connectivity index (χ4v) is 4.02. The van der Waals surface area contributed by atoms with Gasteiger partial charge in [0.05, 0.1) is 18.0 Å². The molecule has 1 atom stereocenters. The Bertz CT molecular complexity index is 889. The van der Waals surface area contributed by atoms with Crippen LogP contribution in [0.25, 0.3) is 0 Å². The molecule has 1 amide bonds. The van der Waals surface area contributed by atoms with Crippen LogP contribution in [-0.2, 0) is 14.8 Å². The Morgan fingerprint density at radius 2 is 2.12 bits per heavy atom. The molecular formula is C16H17N3O3S2. The summed E-state index contributed by atoms with van der Waals surface area (Å²) in [5.41, 5.74) is 2.04. The molecule has 6 nitrogen and oxygen atoms in total. The zero-order valence-corrected chi connectivity index (χ0v) is 14.9. The fraction of sp³-hybridized carbons (Fsp3) is 0.250. The number of anilines is 1. The van der Waals surface area contributed by atoms with Gasteiger partial charge in [-0.2, -0.15) is 5.10 Å². The molecule has 24 heavy (non-hydrogen) atoms. The maximum Gasteiger partial charge on any atom is 0.240 e. The van der Waals surface area contributed by atoms with Gasteiger partial charge in [0.25, 0.3) is 0 Å². The lowest BCUT2D eigenvalue weighted by molar-refractivity contribution is -0.130. The smallest absolute Gasteiger partial charge is 0.240 e. The van der Waals surface area contributed by atoms with Crippen LogP contribution in [0, 0.1) is 0 Å². The second-order valence-corrected chi connectivity index (χ2v) is 8.33. The third-order valence-corrected chi connectivity index (χ3v) is 5.18. The first-order chi connectivity index (χ1) is 11.3. The molecule has 0 spiro atoms. The van der Waals surface area contributed by atoms with Gasteiger partial charge in [0.1, 0.15) is 0 Å². The van der Waals surface area contributed by atoms with E-state index in [2.05, 4.69) is 9.82 Å². The topological polar surface area (TPSA) is 78.8 Å². The summed E-state index contributed by atoms with van der Waals surface area (Å²) in [5.74, 6) is -0.117. The molecule has 1 aromatic carbocycles. The number of benzene rings is 1. The Morgan fingerprint density at radius 1 is 1.33 bits per heavy atom. The summed E-state index contributed by atoms with van der Waals surface area (Å²) in [7, 11) is -3.34. The van der Waals surface area contributed by atoms with E-state index in [4.69, 9.17) is 0 Å². The summed E-state index contributed by atoms with van der Waals surface area (Å²) in [5, 5.41) is 7.94. The lowest BCUT2D eigenvalue weighted by Gasteiger charge is -2.18. The van der Waals surface area contributed by atoms with Crippen molar-refractivity contribution in [3.63, 3.8) is 0 Å². The van der Waals surface area contributed by atoms with Gasteiger partial charge in [-0.15, -0.1) is 11.3 Å². The molecule has 2 aromatic rings. The molecule has 0 saturated heterocycles. The van der Waals surface area contributed by atoms with Gasteiger partial charge in [-0.3, -0.25) is 9.52 Å². The Kier molecular flexibility index (Phi) is 4.42. The van der Waals surface area contributed by atoms with Gasteiger partial charge >= 0.3 is 0 Å². The van der Waals surface area contributed by atoms with Crippen molar-refractivity contribution >= 4 is 38.7 Å². The number of carbonyl (C=O) groups is 1. The summed E-state index contributed by atoms with van der Waals surface area (Å²) in [6.07, 6.45) is 1.71. The van der Waals surface area contributed by atoms with Crippen molar-refractivity contribution < 1.29 is 13.2 Å². The third-order valence-electron chi connectivity index (χ3n) is 3.60. The van der Waals surface area contributed by atoms with Crippen LogP contribution in [-0.4, -0.2) is 31.3 Å². The van der Waals surface area contributed by atoms with Crippen molar-refractivity contribution in [3.8, 4) is 0 Å². The minimum atomic E-state index is -3.34. The van der Waals surface area contributed by atoms with E-state index in [-0.39, 0.29) is 11.9 Å². The molecule has 1 aliphatic heterocycles. The predicted molar refractivity (Wildman–Crippen MR) is 95.6 cm³/mol. The number of amides is 1. The fourth-order valence-electron chi connectivity index (χ4n) is 2.65. The van der Waals surface area contributed by atoms with E-state index in [1.807, 2.05) is 23.6 Å². The number of nitrogens with one attached hydrogen (secondary N) is 1. The van der Waals surface area contributed by atoms with Crippen LogP contribution in [0.5, 0.6) is 0 Å². The van der Waals surface area contributed by atoms with E-state index >= 15 is 0 Å². The Morgan fingerprint density at radius 3 is 2.75 bits per heavy atom. The SMILES string of the molecule is CC(=O)N1N=C(c2cccc(NS(C)(=O)=O)c2)CC1c1cccs1. The second kappa shape index (κ2) is 6.37. The van der Waals surface area contributed by atoms with Crippen LogP contribution in [0.2, 0.25) is 0 Å². The molecule has 126 valence electrons. The standard InChI is InChI=1S/C16H17N3O3S2/c1-11(20)19-15(16-7-4-8-23-16)10-14(17-19)12-5-3-6-13(9-12)18-24(2,21)22/h3-9,15,18H,10H2,1-2H3. The van der Waals surface area contributed by atoms with Gasteiger partial charge in [-0.25, -0.2) is 13.4 Å². The number of nitrogens with zero attached hydrogens (tertiary/aromatic N) is 2. The van der Waals surface area contributed by atoms with E-state index in [0.29, 0.717) is 12.1 Å². The highest BCUT2D eigenvalue weighted by atomic mass is 32.2. The number of thiophene rings is 1. The molecule has 1 aliphatic rings. The normalized spacial score (nSPS) is 17.7. The molecule has 0 aliphatic carbocycles. The highest BCUT2D eigenvalue weighted by Crippen LogP contribution is 2.35. The van der Waals surface area contributed by atoms with Crippen LogP contribution in [0.3, 0.4) is 0 Å². The minimum absolute atomic E-state index is 0.107. The molecular weight excluding hydrogens is 346 g/mol. The van der Waals surface area contributed by atoms with E-state index < -0.39 is 10.0 Å². The van der Waals surface area contributed by atoms with Crippen LogP contribution in [0.15, 0.2) is 46.9 Å². The molecule has 2 heterocycles. The molecule has 0 saturated carbocycles. The quantitative estimate of drug-likeness (QED) is 0.907. The van der Waals surface area contributed by atoms with Crippen molar-refractivity contribution in [1.82, 2.24) is 5.01 Å². The third kappa shape index (κ3) is 3.65. The molecule has 0 fully saturated rings. The summed E-state index contributed by atoms with van der Waals surface area (Å²) in [6.45, 7) is 1.49. The van der Waals surface area contributed by atoms with Crippen LogP contribution in [0.4, 0.5) is 5.69 Å². The monoisotopic (exact) mass is 363 g/mol. The highest BCUT2D eigenvalue weighted by Gasteiger charge is 2.32. The van der Waals surface area contributed by atoms with E-state index in [1.54, 1.807) is 29.5 Å². The van der Waals surface area contributed by atoms with E-state index in [9.17, 15) is 13.2 Å². The zero-order chi connectivity index (χ0) is 17.3. The molecule has 0 radical (unpaired) electrons. The summed E-state index contributed by atoms with van der Waals surface area (Å²) in [4.78, 5) is 13.0. The number of sulfonamides is 1. The number of hydrogen-bond donors (Lipinski definition) is 1. The van der Waals surface area contributed by atoms with Gasteiger partial charge in [-0.05, 0) is 29.1 Å². The largest absolute Gasteiger partial charge is 0.284 e. The van der Waals surface area contributed by atoms with Gasteiger partial charge in [0.2, 0.25) is 15.9 Å². The van der Waals surface area contributed by atoms with Crippen molar-refractivity contribution in [2.24, 2.45) is 5.10 Å². The Labute approximate surface area is 144 Å². The maximum absolute atomic E-state index is 11.9. The number of carbonyl (C=O) groups excluding carboxylic acids is 1. The van der Waals surface area contributed by atoms with Crippen LogP contribution in [0.1, 0.15) is 29.8 Å². The zero-order valence-electron chi connectivity index (χ0n) is 13.3. The van der Waals surface area contributed by atoms with Crippen LogP contribution >= 0.6 is 11.3 Å². The van der Waals surface area contributed by atoms with E-state index in [0.717, 1.165) is 22.4 Å². The first-order valence-corrected chi connectivity index (χ1v) is 10.1.